The Morgan fingerprint density at radius 3 is 2.73 bits per heavy atom. The minimum Gasteiger partial charge on any atom is -0.372 e. The van der Waals surface area contributed by atoms with E-state index >= 15 is 0 Å². The fourth-order valence-corrected chi connectivity index (χ4v) is 4.73. The molecule has 1 saturated carbocycles. The number of carbonyl (C=O) groups excluding carboxylic acids is 1. The predicted octanol–water partition coefficient (Wildman–Crippen LogP) is 4.87. The van der Waals surface area contributed by atoms with Crippen molar-refractivity contribution >= 4 is 39.9 Å². The van der Waals surface area contributed by atoms with Gasteiger partial charge in [-0.15, -0.1) is 0 Å². The molecule has 0 spiro atoms. The Morgan fingerprint density at radius 2 is 2.03 bits per heavy atom. The van der Waals surface area contributed by atoms with Crippen LogP contribution in [-0.4, -0.2) is 48.4 Å². The standard InChI is InChI=1S/C22H19ClF4N4O2/c23-12-1-2-18-13(4-12)19(6-28-18)30-21(32)11-3-17(24)20(29-5-11)31-7-14-15(8-31)16(14)9-33-10-22(25,26)27/h1-6,14-16,28H,7-10H2,(H,30,32)/t14-,15+,16+. The van der Waals surface area contributed by atoms with E-state index in [0.29, 0.717) is 23.8 Å². The monoisotopic (exact) mass is 482 g/mol. The number of hydrogen-bond acceptors (Lipinski definition) is 4. The number of fused-ring (bicyclic) bond motifs is 2. The number of amides is 1. The molecule has 0 radical (unpaired) electrons. The van der Waals surface area contributed by atoms with Crippen molar-refractivity contribution in [3.63, 3.8) is 0 Å². The molecule has 33 heavy (non-hydrogen) atoms. The zero-order valence-corrected chi connectivity index (χ0v) is 17.9. The molecule has 2 aromatic heterocycles. The van der Waals surface area contributed by atoms with Gasteiger partial charge in [-0.25, -0.2) is 9.37 Å². The Balaban J connectivity index is 1.20. The van der Waals surface area contributed by atoms with Gasteiger partial charge in [-0.05, 0) is 42.0 Å². The maximum Gasteiger partial charge on any atom is 0.411 e. The summed E-state index contributed by atoms with van der Waals surface area (Å²) in [7, 11) is 0. The number of aromatic nitrogens is 2. The van der Waals surface area contributed by atoms with Crippen LogP contribution in [0.5, 0.6) is 0 Å². The fourth-order valence-electron chi connectivity index (χ4n) is 4.56. The van der Waals surface area contributed by atoms with Gasteiger partial charge in [0.05, 0.1) is 17.9 Å². The third-order valence-electron chi connectivity index (χ3n) is 6.22. The number of nitrogens with one attached hydrogen (secondary N) is 2. The summed E-state index contributed by atoms with van der Waals surface area (Å²) in [4.78, 5) is 21.6. The highest BCUT2D eigenvalue weighted by Gasteiger charge is 2.56. The number of ether oxygens (including phenoxy) is 1. The van der Waals surface area contributed by atoms with E-state index in [9.17, 15) is 22.4 Å². The Morgan fingerprint density at radius 1 is 1.27 bits per heavy atom. The molecule has 2 N–H and O–H groups in total. The van der Waals surface area contributed by atoms with E-state index in [2.05, 4.69) is 15.3 Å². The number of benzene rings is 1. The SMILES string of the molecule is O=C(Nc1c[nH]c2ccc(Cl)cc12)c1cnc(N2C[C@@H]3[C@@H](COCC(F)(F)F)[C@@H]3C2)c(F)c1. The largest absolute Gasteiger partial charge is 0.411 e. The summed E-state index contributed by atoms with van der Waals surface area (Å²) in [5.74, 6) is -0.628. The quantitative estimate of drug-likeness (QED) is 0.492. The summed E-state index contributed by atoms with van der Waals surface area (Å²) in [6.45, 7) is -0.207. The Bertz CT molecular complexity index is 1200. The number of halogens is 5. The number of H-pyrrole nitrogens is 1. The second kappa shape index (κ2) is 8.18. The molecule has 1 saturated heterocycles. The minimum absolute atomic E-state index is 0.0523. The molecule has 174 valence electrons. The molecule has 1 aliphatic carbocycles. The number of carbonyl (C=O) groups is 1. The predicted molar refractivity (Wildman–Crippen MR) is 115 cm³/mol. The van der Waals surface area contributed by atoms with E-state index in [1.807, 2.05) is 0 Å². The van der Waals surface area contributed by atoms with Gasteiger partial charge in [0.15, 0.2) is 11.6 Å². The molecule has 3 aromatic rings. The molecule has 0 bridgehead atoms. The zero-order valence-electron chi connectivity index (χ0n) is 17.1. The van der Waals surface area contributed by atoms with Gasteiger partial charge in [0.1, 0.15) is 6.61 Å². The normalized spacial score (nSPS) is 22.0. The smallest absolute Gasteiger partial charge is 0.372 e. The van der Waals surface area contributed by atoms with Gasteiger partial charge in [-0.1, -0.05) is 11.6 Å². The van der Waals surface area contributed by atoms with Gasteiger partial charge in [-0.3, -0.25) is 4.79 Å². The molecular weight excluding hydrogens is 464 g/mol. The number of rotatable bonds is 6. The summed E-state index contributed by atoms with van der Waals surface area (Å²) in [5.41, 5.74) is 1.37. The molecule has 5 rings (SSSR count). The van der Waals surface area contributed by atoms with Gasteiger partial charge >= 0.3 is 6.18 Å². The first-order valence-electron chi connectivity index (χ1n) is 10.3. The van der Waals surface area contributed by atoms with Crippen LogP contribution in [0.3, 0.4) is 0 Å². The van der Waals surface area contributed by atoms with E-state index in [4.69, 9.17) is 16.3 Å². The Kier molecular flexibility index (Phi) is 5.44. The Hall–Kier alpha value is -2.85. The molecule has 3 atom stereocenters. The maximum absolute atomic E-state index is 14.8. The van der Waals surface area contributed by atoms with Gasteiger partial charge in [0.25, 0.3) is 5.91 Å². The number of piperidine rings is 1. The van der Waals surface area contributed by atoms with E-state index < -0.39 is 24.5 Å². The number of nitrogens with zero attached hydrogens (tertiary/aromatic N) is 2. The first-order chi connectivity index (χ1) is 15.7. The minimum atomic E-state index is -4.33. The van der Waals surface area contributed by atoms with Gasteiger partial charge in [0.2, 0.25) is 0 Å². The highest BCUT2D eigenvalue weighted by molar-refractivity contribution is 6.31. The second-order valence-corrected chi connectivity index (χ2v) is 8.84. The number of aromatic amines is 1. The zero-order chi connectivity index (χ0) is 23.3. The van der Waals surface area contributed by atoms with Crippen LogP contribution in [-0.2, 0) is 4.74 Å². The summed E-state index contributed by atoms with van der Waals surface area (Å²) >= 11 is 6.02. The van der Waals surface area contributed by atoms with E-state index in [1.165, 1.54) is 6.20 Å². The van der Waals surface area contributed by atoms with E-state index in [0.717, 1.165) is 17.0 Å². The molecule has 1 aromatic carbocycles. The number of alkyl halides is 3. The summed E-state index contributed by atoms with van der Waals surface area (Å²) in [5, 5.41) is 3.98. The third kappa shape index (κ3) is 4.49. The third-order valence-corrected chi connectivity index (χ3v) is 6.46. The number of hydrogen-bond donors (Lipinski definition) is 2. The van der Waals surface area contributed by atoms with Crippen LogP contribution in [0.15, 0.2) is 36.7 Å². The van der Waals surface area contributed by atoms with Crippen molar-refractivity contribution in [2.45, 2.75) is 6.18 Å². The average molecular weight is 483 g/mol. The van der Waals surface area contributed by atoms with Crippen LogP contribution in [0.4, 0.5) is 29.1 Å². The lowest BCUT2D eigenvalue weighted by molar-refractivity contribution is -0.175. The molecule has 2 aliphatic rings. The lowest BCUT2D eigenvalue weighted by Gasteiger charge is -2.21. The van der Waals surface area contributed by atoms with Crippen molar-refractivity contribution in [1.82, 2.24) is 9.97 Å². The number of anilines is 2. The van der Waals surface area contributed by atoms with Gasteiger partial charge in [0, 0.05) is 41.4 Å². The highest BCUT2D eigenvalue weighted by atomic mass is 35.5. The molecule has 6 nitrogen and oxygen atoms in total. The van der Waals surface area contributed by atoms with Gasteiger partial charge in [-0.2, -0.15) is 13.2 Å². The highest BCUT2D eigenvalue weighted by Crippen LogP contribution is 2.52. The molecule has 2 fully saturated rings. The average Bonchev–Trinajstić information content (AvgIpc) is 3.08. The van der Waals surface area contributed by atoms with E-state index in [1.54, 1.807) is 29.3 Å². The summed E-state index contributed by atoms with van der Waals surface area (Å²) in [6.07, 6.45) is -1.40. The van der Waals surface area contributed by atoms with Crippen molar-refractivity contribution in [2.75, 3.05) is 36.5 Å². The van der Waals surface area contributed by atoms with Crippen molar-refractivity contribution in [1.29, 1.82) is 0 Å². The van der Waals surface area contributed by atoms with Crippen molar-refractivity contribution in [3.8, 4) is 0 Å². The lowest BCUT2D eigenvalue weighted by atomic mass is 10.2. The first-order valence-corrected chi connectivity index (χ1v) is 10.7. The van der Waals surface area contributed by atoms with Crippen LogP contribution in [0.1, 0.15) is 10.4 Å². The second-order valence-electron chi connectivity index (χ2n) is 8.40. The maximum atomic E-state index is 14.8. The number of pyridine rings is 1. The van der Waals surface area contributed by atoms with Crippen LogP contribution < -0.4 is 10.2 Å². The van der Waals surface area contributed by atoms with Crippen molar-refractivity contribution in [2.24, 2.45) is 17.8 Å². The fraction of sp³-hybridized carbons (Fsp3) is 0.364. The van der Waals surface area contributed by atoms with Crippen molar-refractivity contribution in [3.05, 3.63) is 53.1 Å². The van der Waals surface area contributed by atoms with Crippen LogP contribution in [0, 0.1) is 23.6 Å². The molecular formula is C22H19ClF4N4O2. The lowest BCUT2D eigenvalue weighted by Crippen LogP contribution is -2.28. The van der Waals surface area contributed by atoms with Crippen LogP contribution in [0.2, 0.25) is 5.02 Å². The Labute approximate surface area is 190 Å². The van der Waals surface area contributed by atoms with E-state index in [-0.39, 0.29) is 35.7 Å². The first kappa shape index (κ1) is 22.0. The summed E-state index contributed by atoms with van der Waals surface area (Å²) < 4.78 is 56.1. The van der Waals surface area contributed by atoms with Gasteiger partial charge < -0.3 is 19.9 Å². The van der Waals surface area contributed by atoms with Crippen molar-refractivity contribution < 1.29 is 27.1 Å². The topological polar surface area (TPSA) is 70.2 Å². The van der Waals surface area contributed by atoms with Crippen LogP contribution >= 0.6 is 11.6 Å². The molecule has 11 heteroatoms. The molecule has 1 amide bonds. The van der Waals surface area contributed by atoms with Crippen LogP contribution in [0.25, 0.3) is 10.9 Å². The molecule has 0 unspecified atom stereocenters. The summed E-state index contributed by atoms with van der Waals surface area (Å²) in [6, 6.07) is 6.36. The molecule has 3 heterocycles. The molecule has 1 aliphatic heterocycles.